The van der Waals surface area contributed by atoms with Crippen molar-refractivity contribution in [3.63, 3.8) is 0 Å². The number of hydrogen-bond donors (Lipinski definition) is 1. The first-order valence-electron chi connectivity index (χ1n) is 17.3. The Hall–Kier alpha value is -0.980. The van der Waals surface area contributed by atoms with E-state index in [1.165, 1.54) is 127 Å². The molecule has 0 spiro atoms. The fraction of sp³-hybridized carbons (Fsp3) is 0.838. The highest BCUT2D eigenvalue weighted by atomic mass is 16.3. The van der Waals surface area contributed by atoms with Crippen LogP contribution in [0.3, 0.4) is 0 Å². The molecule has 12 aliphatic rings. The first-order valence-corrected chi connectivity index (χ1v) is 17.3. The predicted octanol–water partition coefficient (Wildman–Crippen LogP) is 9.10. The first kappa shape index (κ1) is 22.7. The fourth-order valence-corrected chi connectivity index (χ4v) is 15.7. The number of hydrogen-bond acceptors (Lipinski definition) is 1. The van der Waals surface area contributed by atoms with Gasteiger partial charge in [0.2, 0.25) is 0 Å². The van der Waals surface area contributed by atoms with Gasteiger partial charge in [0.1, 0.15) is 5.75 Å². The van der Waals surface area contributed by atoms with Gasteiger partial charge in [-0.15, -0.1) is 0 Å². The smallest absolute Gasteiger partial charge is 0.123 e. The van der Waals surface area contributed by atoms with E-state index in [1.54, 1.807) is 11.1 Å². The van der Waals surface area contributed by atoms with E-state index >= 15 is 0 Å². The van der Waals surface area contributed by atoms with Gasteiger partial charge in [0, 0.05) is 16.5 Å². The molecular formula is C37H50O. The molecule has 0 saturated heterocycles. The molecule has 1 N–H and O–H groups in total. The van der Waals surface area contributed by atoms with Gasteiger partial charge in [0.15, 0.2) is 0 Å². The second kappa shape index (κ2) is 7.26. The second-order valence-corrected chi connectivity index (χ2v) is 17.9. The molecule has 0 unspecified atom stereocenters. The molecule has 1 aromatic rings. The van der Waals surface area contributed by atoms with Crippen LogP contribution in [0.5, 0.6) is 5.75 Å². The monoisotopic (exact) mass is 510 g/mol. The summed E-state index contributed by atoms with van der Waals surface area (Å²) in [6.45, 7) is 2.52. The highest BCUT2D eigenvalue weighted by molar-refractivity contribution is 5.59. The van der Waals surface area contributed by atoms with Crippen LogP contribution in [0.15, 0.2) is 6.07 Å². The summed E-state index contributed by atoms with van der Waals surface area (Å²) in [5.41, 5.74) is 7.43. The summed E-state index contributed by atoms with van der Waals surface area (Å²) in [5, 5.41) is 12.7. The van der Waals surface area contributed by atoms with Crippen LogP contribution in [-0.2, 0) is 16.2 Å². The number of benzene rings is 1. The van der Waals surface area contributed by atoms with Crippen molar-refractivity contribution >= 4 is 0 Å². The summed E-state index contributed by atoms with van der Waals surface area (Å²) in [5.74, 6) is 9.43. The minimum absolute atomic E-state index is 0.290. The molecule has 1 nitrogen and oxygen atoms in total. The van der Waals surface area contributed by atoms with E-state index in [4.69, 9.17) is 0 Å². The maximum Gasteiger partial charge on any atom is 0.123 e. The van der Waals surface area contributed by atoms with Gasteiger partial charge in [0.05, 0.1) is 0 Å². The summed E-state index contributed by atoms with van der Waals surface area (Å²) in [4.78, 5) is 0. The number of phenols is 1. The molecule has 12 saturated carbocycles. The Balaban J connectivity index is 1.20. The summed E-state index contributed by atoms with van der Waals surface area (Å²) in [6.07, 6.45) is 26.3. The Bertz CT molecular complexity index is 1030. The molecule has 0 radical (unpaired) electrons. The normalized spacial score (nSPS) is 54.8. The summed E-state index contributed by atoms with van der Waals surface area (Å²) >= 11 is 0. The third-order valence-corrected chi connectivity index (χ3v) is 15.3. The highest BCUT2D eigenvalue weighted by Crippen LogP contribution is 2.68. The van der Waals surface area contributed by atoms with Crippen molar-refractivity contribution in [2.75, 3.05) is 0 Å². The molecule has 0 aliphatic heterocycles. The Morgan fingerprint density at radius 3 is 1.11 bits per heavy atom. The van der Waals surface area contributed by atoms with Gasteiger partial charge in [-0.2, -0.15) is 0 Å². The molecule has 204 valence electrons. The Kier molecular flexibility index (Phi) is 4.33. The lowest BCUT2D eigenvalue weighted by molar-refractivity contribution is -0.0134. The van der Waals surface area contributed by atoms with Crippen LogP contribution in [0.25, 0.3) is 0 Å². The molecule has 0 amide bonds. The molecule has 12 aliphatic carbocycles. The molecule has 12 bridgehead atoms. The average Bonchev–Trinajstić information content (AvgIpc) is 2.81. The molecule has 0 atom stereocenters. The molecule has 1 aromatic carbocycles. The minimum Gasteiger partial charge on any atom is -0.507 e. The number of aromatic hydroxyl groups is 1. The van der Waals surface area contributed by atoms with E-state index < -0.39 is 0 Å². The van der Waals surface area contributed by atoms with Crippen LogP contribution < -0.4 is 0 Å². The standard InChI is InChI=1S/C37H50O/c1-21-31(35-12-22-2-23(13-35)4-24(3-22)14-35)11-32(36-15-25-5-26(16-36)7-27(6-25)17-36)34(38)33(21)37-18-28-8-29(19-37)10-30(9-28)20-37/h11,22-30,38H,2-10,12-20H2,1H3. The lowest BCUT2D eigenvalue weighted by Crippen LogP contribution is -2.52. The molecule has 0 aromatic heterocycles. The van der Waals surface area contributed by atoms with E-state index in [2.05, 4.69) is 13.0 Å². The zero-order valence-corrected chi connectivity index (χ0v) is 23.9. The van der Waals surface area contributed by atoms with E-state index in [-0.39, 0.29) is 5.41 Å². The Labute approximate surface area is 230 Å². The quantitative estimate of drug-likeness (QED) is 0.430. The van der Waals surface area contributed by atoms with Gasteiger partial charge < -0.3 is 5.11 Å². The minimum atomic E-state index is 0.290. The molecule has 0 heterocycles. The lowest BCUT2D eigenvalue weighted by atomic mass is 9.44. The number of rotatable bonds is 3. The van der Waals surface area contributed by atoms with Gasteiger partial charge in [-0.05, 0) is 198 Å². The van der Waals surface area contributed by atoms with Crippen LogP contribution in [0.1, 0.15) is 138 Å². The maximum absolute atomic E-state index is 12.7. The van der Waals surface area contributed by atoms with Crippen LogP contribution >= 0.6 is 0 Å². The zero-order valence-electron chi connectivity index (χ0n) is 23.9. The molecular weight excluding hydrogens is 460 g/mol. The molecule has 13 rings (SSSR count). The van der Waals surface area contributed by atoms with E-state index in [0.717, 1.165) is 59.0 Å². The van der Waals surface area contributed by atoms with Crippen LogP contribution in [0.2, 0.25) is 0 Å². The largest absolute Gasteiger partial charge is 0.507 e. The van der Waals surface area contributed by atoms with Crippen molar-refractivity contribution < 1.29 is 5.11 Å². The van der Waals surface area contributed by atoms with Crippen LogP contribution in [-0.4, -0.2) is 5.11 Å². The molecule has 1 heteroatoms. The predicted molar refractivity (Wildman–Crippen MR) is 152 cm³/mol. The first-order chi connectivity index (χ1) is 18.4. The summed E-state index contributed by atoms with van der Waals surface area (Å²) in [6, 6.07) is 2.74. The van der Waals surface area contributed by atoms with Gasteiger partial charge in [-0.3, -0.25) is 0 Å². The molecule has 12 fully saturated rings. The van der Waals surface area contributed by atoms with E-state index in [1.807, 2.05) is 0 Å². The van der Waals surface area contributed by atoms with Gasteiger partial charge >= 0.3 is 0 Å². The maximum atomic E-state index is 12.7. The van der Waals surface area contributed by atoms with Crippen molar-refractivity contribution in [2.24, 2.45) is 53.3 Å². The van der Waals surface area contributed by atoms with E-state index in [9.17, 15) is 5.11 Å². The molecule has 38 heavy (non-hydrogen) atoms. The van der Waals surface area contributed by atoms with Crippen molar-refractivity contribution in [3.8, 4) is 5.75 Å². The van der Waals surface area contributed by atoms with Gasteiger partial charge in [0.25, 0.3) is 0 Å². The van der Waals surface area contributed by atoms with Crippen molar-refractivity contribution in [1.29, 1.82) is 0 Å². The third kappa shape index (κ3) is 2.91. The van der Waals surface area contributed by atoms with Gasteiger partial charge in [-0.1, -0.05) is 6.07 Å². The summed E-state index contributed by atoms with van der Waals surface area (Å²) in [7, 11) is 0. The van der Waals surface area contributed by atoms with Crippen LogP contribution in [0.4, 0.5) is 0 Å². The fourth-order valence-electron chi connectivity index (χ4n) is 15.7. The highest BCUT2D eigenvalue weighted by Gasteiger charge is 2.58. The second-order valence-electron chi connectivity index (χ2n) is 17.9. The van der Waals surface area contributed by atoms with Crippen LogP contribution in [0, 0.1) is 60.2 Å². The zero-order chi connectivity index (χ0) is 25.0. The van der Waals surface area contributed by atoms with Crippen molar-refractivity contribution in [3.05, 3.63) is 28.3 Å². The Morgan fingerprint density at radius 2 is 0.763 bits per heavy atom. The SMILES string of the molecule is Cc1c(C23CC4CC(CC(C4)C2)C3)cc(C23CC4CC(CC(C4)C2)C3)c(O)c1C12CC3CC(CC(C3)C1)C2. The number of phenolic OH excluding ortho intramolecular Hbond substituents is 1. The van der Waals surface area contributed by atoms with Gasteiger partial charge in [-0.25, -0.2) is 0 Å². The third-order valence-electron chi connectivity index (χ3n) is 15.3. The topological polar surface area (TPSA) is 20.2 Å². The van der Waals surface area contributed by atoms with Crippen molar-refractivity contribution in [1.82, 2.24) is 0 Å². The van der Waals surface area contributed by atoms with Crippen molar-refractivity contribution in [2.45, 2.75) is 139 Å². The lowest BCUT2D eigenvalue weighted by Gasteiger charge is -2.60. The Morgan fingerprint density at radius 1 is 0.474 bits per heavy atom. The average molecular weight is 511 g/mol. The van der Waals surface area contributed by atoms with E-state index in [0.29, 0.717) is 10.8 Å². The summed E-state index contributed by atoms with van der Waals surface area (Å²) < 4.78 is 0.